The maximum Gasteiger partial charge on any atom is 0.220 e. The van der Waals surface area contributed by atoms with Crippen LogP contribution in [0.15, 0.2) is 24.4 Å². The fraction of sp³-hybridized carbons (Fsp3) is 0.250. The first-order valence-electron chi connectivity index (χ1n) is 4.83. The van der Waals surface area contributed by atoms with Gasteiger partial charge in [-0.25, -0.2) is 0 Å². The number of nitrogens with one attached hydrogen (secondary N) is 1. The summed E-state index contributed by atoms with van der Waals surface area (Å²) in [6.07, 6.45) is 3.32. The van der Waals surface area contributed by atoms with E-state index in [-0.39, 0.29) is 5.91 Å². The molecule has 0 aromatic heterocycles. The Morgan fingerprint density at radius 2 is 2.06 bits per heavy atom. The van der Waals surface area contributed by atoms with Gasteiger partial charge in [0.2, 0.25) is 5.91 Å². The van der Waals surface area contributed by atoms with Gasteiger partial charge in [0.1, 0.15) is 11.5 Å². The second-order valence-corrected chi connectivity index (χ2v) is 3.14. The number of rotatable bonds is 4. The lowest BCUT2D eigenvalue weighted by atomic mass is 10.2. The minimum atomic E-state index is -0.113. The van der Waals surface area contributed by atoms with Gasteiger partial charge < -0.3 is 14.8 Å². The molecule has 0 saturated heterocycles. The summed E-state index contributed by atoms with van der Waals surface area (Å²) in [5.41, 5.74) is 0.843. The molecule has 0 aliphatic heterocycles. The van der Waals surface area contributed by atoms with Gasteiger partial charge in [-0.3, -0.25) is 4.79 Å². The first-order chi connectivity index (χ1) is 7.67. The molecule has 0 spiro atoms. The lowest BCUT2D eigenvalue weighted by Gasteiger charge is -2.07. The second-order valence-electron chi connectivity index (χ2n) is 3.14. The Morgan fingerprint density at radius 1 is 1.31 bits per heavy atom. The summed E-state index contributed by atoms with van der Waals surface area (Å²) in [4.78, 5) is 10.7. The minimum absolute atomic E-state index is 0.113. The molecule has 0 saturated carbocycles. The maximum absolute atomic E-state index is 10.7. The molecule has 0 aliphatic rings. The Bertz CT molecular complexity index is 399. The quantitative estimate of drug-likeness (QED) is 0.843. The molecule has 16 heavy (non-hydrogen) atoms. The summed E-state index contributed by atoms with van der Waals surface area (Å²) in [5, 5.41) is 2.57. The van der Waals surface area contributed by atoms with Gasteiger partial charge in [-0.2, -0.15) is 0 Å². The van der Waals surface area contributed by atoms with E-state index in [4.69, 9.17) is 9.47 Å². The Hall–Kier alpha value is -1.97. The zero-order chi connectivity index (χ0) is 12.0. The van der Waals surface area contributed by atoms with E-state index in [1.54, 1.807) is 26.5 Å². The zero-order valence-corrected chi connectivity index (χ0v) is 9.61. The van der Waals surface area contributed by atoms with Crippen LogP contribution in [0.4, 0.5) is 0 Å². The van der Waals surface area contributed by atoms with Crippen LogP contribution in [0.5, 0.6) is 11.5 Å². The number of benzene rings is 1. The summed E-state index contributed by atoms with van der Waals surface area (Å²) in [7, 11) is 3.20. The number of carbonyl (C=O) groups is 1. The minimum Gasteiger partial charge on any atom is -0.497 e. The number of ether oxygens (including phenoxy) is 2. The third-order valence-corrected chi connectivity index (χ3v) is 1.99. The first-order valence-corrected chi connectivity index (χ1v) is 4.83. The number of methoxy groups -OCH3 is 2. The molecule has 4 nitrogen and oxygen atoms in total. The van der Waals surface area contributed by atoms with Crippen LogP contribution in [0.25, 0.3) is 6.08 Å². The summed E-state index contributed by atoms with van der Waals surface area (Å²) < 4.78 is 10.3. The topological polar surface area (TPSA) is 47.6 Å². The van der Waals surface area contributed by atoms with E-state index in [2.05, 4.69) is 5.32 Å². The van der Waals surface area contributed by atoms with Gasteiger partial charge in [-0.05, 0) is 24.3 Å². The third kappa shape index (κ3) is 3.31. The highest BCUT2D eigenvalue weighted by Gasteiger charge is 2.01. The SMILES string of the molecule is COc1ccc(OC)c(/C=C/NC(C)=O)c1. The lowest BCUT2D eigenvalue weighted by molar-refractivity contribution is -0.118. The first kappa shape index (κ1) is 12.1. The molecule has 1 N–H and O–H groups in total. The Balaban J connectivity index is 2.90. The van der Waals surface area contributed by atoms with Gasteiger partial charge in [0.25, 0.3) is 0 Å². The van der Waals surface area contributed by atoms with E-state index < -0.39 is 0 Å². The van der Waals surface area contributed by atoms with E-state index in [0.29, 0.717) is 0 Å². The average Bonchev–Trinajstić information content (AvgIpc) is 2.28. The van der Waals surface area contributed by atoms with Crippen LogP contribution in [0, 0.1) is 0 Å². The van der Waals surface area contributed by atoms with Crippen molar-refractivity contribution < 1.29 is 14.3 Å². The number of carbonyl (C=O) groups excluding carboxylic acids is 1. The maximum atomic E-state index is 10.7. The third-order valence-electron chi connectivity index (χ3n) is 1.99. The predicted molar refractivity (Wildman–Crippen MR) is 62.4 cm³/mol. The standard InChI is InChI=1S/C12H15NO3/c1-9(14)13-7-6-10-8-11(15-2)4-5-12(10)16-3/h4-8H,1-3H3,(H,13,14)/b7-6+. The van der Waals surface area contributed by atoms with Crippen LogP contribution >= 0.6 is 0 Å². The van der Waals surface area contributed by atoms with Crippen molar-refractivity contribution in [3.63, 3.8) is 0 Å². The number of hydrogen-bond donors (Lipinski definition) is 1. The highest BCUT2D eigenvalue weighted by atomic mass is 16.5. The molecular weight excluding hydrogens is 206 g/mol. The summed E-state index contributed by atoms with van der Waals surface area (Å²) in [5.74, 6) is 1.35. The second kappa shape index (κ2) is 5.80. The van der Waals surface area contributed by atoms with Gasteiger partial charge in [0.05, 0.1) is 14.2 Å². The smallest absolute Gasteiger partial charge is 0.220 e. The van der Waals surface area contributed by atoms with E-state index in [9.17, 15) is 4.79 Å². The summed E-state index contributed by atoms with van der Waals surface area (Å²) >= 11 is 0. The molecule has 1 amide bonds. The fourth-order valence-corrected chi connectivity index (χ4v) is 1.22. The van der Waals surface area contributed by atoms with E-state index in [0.717, 1.165) is 17.1 Å². The monoisotopic (exact) mass is 221 g/mol. The van der Waals surface area contributed by atoms with E-state index in [1.807, 2.05) is 18.2 Å². The molecule has 0 aliphatic carbocycles. The van der Waals surface area contributed by atoms with Crippen LogP contribution in [-0.4, -0.2) is 20.1 Å². The zero-order valence-electron chi connectivity index (χ0n) is 9.61. The lowest BCUT2D eigenvalue weighted by Crippen LogP contribution is -2.11. The van der Waals surface area contributed by atoms with Crippen molar-refractivity contribution in [2.24, 2.45) is 0 Å². The van der Waals surface area contributed by atoms with Crippen molar-refractivity contribution in [2.45, 2.75) is 6.92 Å². The molecule has 0 bridgehead atoms. The molecule has 1 aromatic carbocycles. The van der Waals surface area contributed by atoms with Crippen molar-refractivity contribution in [1.29, 1.82) is 0 Å². The normalized spacial score (nSPS) is 10.2. The van der Waals surface area contributed by atoms with Crippen LogP contribution in [0.1, 0.15) is 12.5 Å². The van der Waals surface area contributed by atoms with Crippen LogP contribution < -0.4 is 14.8 Å². The molecule has 86 valence electrons. The van der Waals surface area contributed by atoms with Gasteiger partial charge in [0, 0.05) is 18.7 Å². The van der Waals surface area contributed by atoms with Crippen molar-refractivity contribution in [3.05, 3.63) is 30.0 Å². The molecule has 0 radical (unpaired) electrons. The molecule has 0 fully saturated rings. The van der Waals surface area contributed by atoms with E-state index in [1.165, 1.54) is 6.92 Å². The Labute approximate surface area is 94.9 Å². The van der Waals surface area contributed by atoms with Crippen molar-refractivity contribution in [3.8, 4) is 11.5 Å². The summed E-state index contributed by atoms with van der Waals surface area (Å²) in [6.45, 7) is 1.45. The van der Waals surface area contributed by atoms with Crippen LogP contribution in [0.3, 0.4) is 0 Å². The number of amides is 1. The average molecular weight is 221 g/mol. The molecule has 0 unspecified atom stereocenters. The van der Waals surface area contributed by atoms with Crippen molar-refractivity contribution >= 4 is 12.0 Å². The van der Waals surface area contributed by atoms with E-state index >= 15 is 0 Å². The Kier molecular flexibility index (Phi) is 4.39. The molecule has 1 aromatic rings. The molecule has 4 heteroatoms. The highest BCUT2D eigenvalue weighted by Crippen LogP contribution is 2.24. The van der Waals surface area contributed by atoms with Crippen molar-refractivity contribution in [1.82, 2.24) is 5.32 Å². The highest BCUT2D eigenvalue weighted by molar-refractivity contribution is 5.75. The Morgan fingerprint density at radius 3 is 2.62 bits per heavy atom. The van der Waals surface area contributed by atoms with Crippen molar-refractivity contribution in [2.75, 3.05) is 14.2 Å². The largest absolute Gasteiger partial charge is 0.497 e. The van der Waals surface area contributed by atoms with Gasteiger partial charge in [-0.15, -0.1) is 0 Å². The molecule has 1 rings (SSSR count). The van der Waals surface area contributed by atoms with Gasteiger partial charge in [0.15, 0.2) is 0 Å². The van der Waals surface area contributed by atoms with Gasteiger partial charge in [-0.1, -0.05) is 0 Å². The van der Waals surface area contributed by atoms with Gasteiger partial charge >= 0.3 is 0 Å². The van der Waals surface area contributed by atoms with Crippen LogP contribution in [0.2, 0.25) is 0 Å². The number of hydrogen-bond acceptors (Lipinski definition) is 3. The fourth-order valence-electron chi connectivity index (χ4n) is 1.22. The molecule has 0 atom stereocenters. The molecular formula is C12H15NO3. The summed E-state index contributed by atoms with van der Waals surface area (Å²) in [6, 6.07) is 5.46. The molecule has 0 heterocycles. The predicted octanol–water partition coefficient (Wildman–Crippen LogP) is 1.81. The van der Waals surface area contributed by atoms with Crippen LogP contribution in [-0.2, 0) is 4.79 Å².